The molecule has 7 heavy (non-hydrogen) atoms. The van der Waals surface area contributed by atoms with E-state index in [1.165, 1.54) is 0 Å². The summed E-state index contributed by atoms with van der Waals surface area (Å²) in [5.74, 6) is 0.0486. The van der Waals surface area contributed by atoms with E-state index in [-0.39, 0.29) is 5.75 Å². The lowest BCUT2D eigenvalue weighted by Crippen LogP contribution is -2.21. The molecule has 1 aliphatic heterocycles. The number of nitrogens with two attached hydrogens (primary N) is 1. The second-order valence-corrected chi connectivity index (χ2v) is 3.35. The quantitative estimate of drug-likeness (QED) is 0.455. The first kappa shape index (κ1) is 4.64. The molecule has 0 aromatic rings. The Morgan fingerprint density at radius 3 is 2.14 bits per heavy atom. The van der Waals surface area contributed by atoms with Crippen LogP contribution in [0.2, 0.25) is 0 Å². The van der Waals surface area contributed by atoms with Crippen LogP contribution >= 0.6 is 0 Å². The van der Waals surface area contributed by atoms with E-state index in [0.717, 1.165) is 5.41 Å². The number of hydrogen-bond donors (Lipinski definition) is 1. The summed E-state index contributed by atoms with van der Waals surface area (Å²) in [6.07, 6.45) is 0. The van der Waals surface area contributed by atoms with E-state index in [2.05, 4.69) is 0 Å². The molecule has 0 atom stereocenters. The zero-order chi connectivity index (χ0) is 5.49. The Morgan fingerprint density at radius 1 is 1.71 bits per heavy atom. The minimum absolute atomic E-state index is 0.0486. The van der Waals surface area contributed by atoms with Gasteiger partial charge >= 0.3 is 0 Å². The molecule has 3 nitrogen and oxygen atoms in total. The molecule has 0 aromatic heterocycles. The van der Waals surface area contributed by atoms with Gasteiger partial charge < -0.3 is 5.73 Å². The maximum Gasteiger partial charge on any atom is 0.178 e. The lowest BCUT2D eigenvalue weighted by atomic mass is 10.6. The van der Waals surface area contributed by atoms with Crippen molar-refractivity contribution in [2.24, 2.45) is 5.73 Å². The number of rotatable bonds is 0. The summed E-state index contributed by atoms with van der Waals surface area (Å²) in [5, 5.41) is 1.08. The van der Waals surface area contributed by atoms with Crippen molar-refractivity contribution < 1.29 is 8.42 Å². The Kier molecular flexibility index (Phi) is 0.667. The van der Waals surface area contributed by atoms with E-state index in [0.29, 0.717) is 5.70 Å². The van der Waals surface area contributed by atoms with Crippen LogP contribution in [0.5, 0.6) is 0 Å². The van der Waals surface area contributed by atoms with Crippen molar-refractivity contribution >= 4 is 9.84 Å². The zero-order valence-corrected chi connectivity index (χ0v) is 4.40. The number of hydrogen-bond acceptors (Lipinski definition) is 3. The van der Waals surface area contributed by atoms with Crippen LogP contribution in [0.3, 0.4) is 0 Å². The predicted octanol–water partition coefficient (Wildman–Crippen LogP) is -0.785. The van der Waals surface area contributed by atoms with Crippen molar-refractivity contribution in [2.75, 3.05) is 5.75 Å². The Morgan fingerprint density at radius 2 is 2.14 bits per heavy atom. The standard InChI is InChI=1S/C3H5NO2S/c4-3-1-7(5,6)2-3/h1H,2,4H2. The van der Waals surface area contributed by atoms with Gasteiger partial charge in [0.2, 0.25) is 0 Å². The minimum Gasteiger partial charge on any atom is -0.401 e. The third-order valence-corrected chi connectivity index (χ3v) is 2.10. The van der Waals surface area contributed by atoms with Gasteiger partial charge in [-0.05, 0) is 0 Å². The van der Waals surface area contributed by atoms with E-state index >= 15 is 0 Å². The first-order chi connectivity index (χ1) is 3.10. The molecule has 0 aliphatic carbocycles. The van der Waals surface area contributed by atoms with Crippen molar-refractivity contribution in [3.63, 3.8) is 0 Å². The van der Waals surface area contributed by atoms with Crippen molar-refractivity contribution in [1.82, 2.24) is 0 Å². The SMILES string of the molecule is NC1=CS(=O)(=O)C1. The van der Waals surface area contributed by atoms with Gasteiger partial charge in [0, 0.05) is 5.70 Å². The molecule has 0 saturated carbocycles. The largest absolute Gasteiger partial charge is 0.401 e. The lowest BCUT2D eigenvalue weighted by molar-refractivity contribution is 0.602. The molecule has 0 unspecified atom stereocenters. The monoisotopic (exact) mass is 119 g/mol. The van der Waals surface area contributed by atoms with Gasteiger partial charge in [-0.25, -0.2) is 8.42 Å². The molecule has 1 heterocycles. The van der Waals surface area contributed by atoms with E-state index < -0.39 is 9.84 Å². The summed E-state index contributed by atoms with van der Waals surface area (Å²) in [5.41, 5.74) is 5.49. The molecular weight excluding hydrogens is 114 g/mol. The summed E-state index contributed by atoms with van der Waals surface area (Å²) in [6.45, 7) is 0. The molecule has 0 saturated heterocycles. The maximum absolute atomic E-state index is 10.1. The summed E-state index contributed by atoms with van der Waals surface area (Å²) < 4.78 is 20.3. The first-order valence-electron chi connectivity index (χ1n) is 1.79. The van der Waals surface area contributed by atoms with Crippen molar-refractivity contribution in [3.8, 4) is 0 Å². The van der Waals surface area contributed by atoms with Crippen molar-refractivity contribution in [2.45, 2.75) is 0 Å². The fraction of sp³-hybridized carbons (Fsp3) is 0.333. The van der Waals surface area contributed by atoms with Gasteiger partial charge in [0.05, 0.1) is 11.2 Å². The van der Waals surface area contributed by atoms with Crippen LogP contribution in [0.15, 0.2) is 11.1 Å². The molecule has 1 aliphatic rings. The fourth-order valence-corrected chi connectivity index (χ4v) is 1.32. The fourth-order valence-electron chi connectivity index (χ4n) is 0.439. The predicted molar refractivity (Wildman–Crippen MR) is 26.1 cm³/mol. The van der Waals surface area contributed by atoms with Crippen LogP contribution in [0.25, 0.3) is 0 Å². The second kappa shape index (κ2) is 1.01. The minimum atomic E-state index is -2.82. The molecule has 0 aromatic carbocycles. The molecule has 0 bridgehead atoms. The first-order valence-corrected chi connectivity index (χ1v) is 3.50. The Balaban J connectivity index is 3.01. The second-order valence-electron chi connectivity index (χ2n) is 1.50. The smallest absolute Gasteiger partial charge is 0.178 e. The molecule has 40 valence electrons. The molecule has 0 spiro atoms. The zero-order valence-electron chi connectivity index (χ0n) is 3.59. The Labute approximate surface area is 41.7 Å². The number of sulfone groups is 1. The van der Waals surface area contributed by atoms with Gasteiger partial charge in [-0.15, -0.1) is 0 Å². The highest BCUT2D eigenvalue weighted by atomic mass is 32.2. The molecular formula is C3H5NO2S. The van der Waals surface area contributed by atoms with E-state index in [9.17, 15) is 8.42 Å². The van der Waals surface area contributed by atoms with Crippen LogP contribution in [0.4, 0.5) is 0 Å². The van der Waals surface area contributed by atoms with Crippen LogP contribution in [0.1, 0.15) is 0 Å². The van der Waals surface area contributed by atoms with Crippen molar-refractivity contribution in [3.05, 3.63) is 11.1 Å². The molecule has 2 N–H and O–H groups in total. The van der Waals surface area contributed by atoms with E-state index in [1.54, 1.807) is 0 Å². The van der Waals surface area contributed by atoms with Gasteiger partial charge in [-0.2, -0.15) is 0 Å². The third kappa shape index (κ3) is 0.742. The average Bonchev–Trinajstić information content (AvgIpc) is 1.27. The van der Waals surface area contributed by atoms with Gasteiger partial charge in [0.1, 0.15) is 0 Å². The lowest BCUT2D eigenvalue weighted by Gasteiger charge is -2.07. The van der Waals surface area contributed by atoms with Gasteiger partial charge in [-0.1, -0.05) is 0 Å². The average molecular weight is 119 g/mol. The normalized spacial score (nSPS) is 25.4. The maximum atomic E-state index is 10.1. The highest BCUT2D eigenvalue weighted by molar-refractivity contribution is 7.95. The molecule has 4 heteroatoms. The molecule has 0 amide bonds. The van der Waals surface area contributed by atoms with Gasteiger partial charge in [-0.3, -0.25) is 0 Å². The summed E-state index contributed by atoms with van der Waals surface area (Å²) in [6, 6.07) is 0. The van der Waals surface area contributed by atoms with Crippen LogP contribution in [0, 0.1) is 0 Å². The molecule has 1 rings (SSSR count). The van der Waals surface area contributed by atoms with Gasteiger partial charge in [0.25, 0.3) is 0 Å². The molecule has 0 fully saturated rings. The highest BCUT2D eigenvalue weighted by Crippen LogP contribution is 2.08. The Bertz CT molecular complexity index is 201. The van der Waals surface area contributed by atoms with Crippen LogP contribution in [-0.4, -0.2) is 14.2 Å². The van der Waals surface area contributed by atoms with Crippen LogP contribution < -0.4 is 5.73 Å². The van der Waals surface area contributed by atoms with Gasteiger partial charge in [0.15, 0.2) is 9.84 Å². The van der Waals surface area contributed by atoms with E-state index in [1.807, 2.05) is 0 Å². The third-order valence-electron chi connectivity index (χ3n) is 0.699. The Hall–Kier alpha value is -0.510. The van der Waals surface area contributed by atoms with Crippen molar-refractivity contribution in [1.29, 1.82) is 0 Å². The summed E-state index contributed by atoms with van der Waals surface area (Å²) in [7, 11) is -2.82. The van der Waals surface area contributed by atoms with E-state index in [4.69, 9.17) is 5.73 Å². The van der Waals surface area contributed by atoms with Crippen LogP contribution in [-0.2, 0) is 9.84 Å². The summed E-state index contributed by atoms with van der Waals surface area (Å²) >= 11 is 0. The summed E-state index contributed by atoms with van der Waals surface area (Å²) in [4.78, 5) is 0. The topological polar surface area (TPSA) is 60.2 Å². The highest BCUT2D eigenvalue weighted by Gasteiger charge is 2.18. The molecule has 0 radical (unpaired) electrons.